The molecule has 1 heterocycles. The summed E-state index contributed by atoms with van der Waals surface area (Å²) >= 11 is 0. The van der Waals surface area contributed by atoms with E-state index in [0.29, 0.717) is 24.8 Å². The number of aromatic carboxylic acids is 1. The Morgan fingerprint density at radius 1 is 0.912 bits per heavy atom. The molecule has 0 spiro atoms. The Bertz CT molecular complexity index is 1320. The molecular formula is C26H22N2O6. The van der Waals surface area contributed by atoms with Crippen LogP contribution in [0.1, 0.15) is 20.7 Å². The maximum absolute atomic E-state index is 12.5. The number of nitrogens with zero attached hydrogens (tertiary/aromatic N) is 1. The number of methoxy groups -OCH3 is 1. The van der Waals surface area contributed by atoms with E-state index in [0.717, 1.165) is 16.5 Å². The number of anilines is 1. The molecule has 2 N–H and O–H groups in total. The lowest BCUT2D eigenvalue weighted by Gasteiger charge is -2.10. The Morgan fingerprint density at radius 2 is 1.65 bits per heavy atom. The normalized spacial score (nSPS) is 10.6. The van der Waals surface area contributed by atoms with Crippen molar-refractivity contribution in [3.63, 3.8) is 0 Å². The summed E-state index contributed by atoms with van der Waals surface area (Å²) in [5.74, 6) is 0.0895. The highest BCUT2D eigenvalue weighted by molar-refractivity contribution is 6.07. The number of carbonyl (C=O) groups is 2. The standard InChI is InChI=1S/C26H22N2O6/c1-32-12-13-33-20-9-6-18-15-21(10-7-17(18)14-20)34-24-11-8-19(16-27-24)25(29)28-23-5-3-2-4-22(23)26(30)31/h2-11,14-16H,12-13H2,1H3,(H,28,29)(H,30,31). The van der Waals surface area contributed by atoms with Crippen molar-refractivity contribution in [2.45, 2.75) is 0 Å². The average molecular weight is 458 g/mol. The van der Waals surface area contributed by atoms with Crippen LogP contribution in [-0.2, 0) is 4.74 Å². The van der Waals surface area contributed by atoms with Gasteiger partial charge in [0.1, 0.15) is 18.1 Å². The number of hydrogen-bond acceptors (Lipinski definition) is 6. The van der Waals surface area contributed by atoms with Crippen LogP contribution in [0.2, 0.25) is 0 Å². The van der Waals surface area contributed by atoms with Crippen LogP contribution in [0.15, 0.2) is 79.0 Å². The molecule has 0 aliphatic rings. The first-order valence-electron chi connectivity index (χ1n) is 10.5. The van der Waals surface area contributed by atoms with Crippen LogP contribution in [0.5, 0.6) is 17.4 Å². The monoisotopic (exact) mass is 458 g/mol. The van der Waals surface area contributed by atoms with Crippen LogP contribution in [0.4, 0.5) is 5.69 Å². The summed E-state index contributed by atoms with van der Waals surface area (Å²) in [7, 11) is 1.63. The molecule has 0 aliphatic heterocycles. The van der Waals surface area contributed by atoms with Gasteiger partial charge >= 0.3 is 5.97 Å². The number of nitrogens with one attached hydrogen (secondary N) is 1. The number of benzene rings is 3. The van der Waals surface area contributed by atoms with Crippen LogP contribution in [0, 0.1) is 0 Å². The van der Waals surface area contributed by atoms with E-state index in [9.17, 15) is 14.7 Å². The van der Waals surface area contributed by atoms with E-state index in [4.69, 9.17) is 14.2 Å². The van der Waals surface area contributed by atoms with Gasteiger partial charge in [-0.1, -0.05) is 24.3 Å². The first-order chi connectivity index (χ1) is 16.5. The van der Waals surface area contributed by atoms with Crippen LogP contribution in [0.3, 0.4) is 0 Å². The molecule has 0 unspecified atom stereocenters. The van der Waals surface area contributed by atoms with Crippen molar-refractivity contribution in [3.8, 4) is 17.4 Å². The van der Waals surface area contributed by atoms with Crippen molar-refractivity contribution in [1.29, 1.82) is 0 Å². The van der Waals surface area contributed by atoms with Crippen molar-refractivity contribution in [1.82, 2.24) is 4.98 Å². The predicted octanol–water partition coefficient (Wildman–Crippen LogP) is 5.00. The SMILES string of the molecule is COCCOc1ccc2cc(Oc3ccc(C(=O)Nc4ccccc4C(=O)O)cn3)ccc2c1. The number of amides is 1. The zero-order chi connectivity index (χ0) is 23.9. The Labute approximate surface area is 195 Å². The van der Waals surface area contributed by atoms with Gasteiger partial charge in [0.15, 0.2) is 0 Å². The highest BCUT2D eigenvalue weighted by Crippen LogP contribution is 2.27. The van der Waals surface area contributed by atoms with Crippen molar-refractivity contribution >= 4 is 28.3 Å². The van der Waals surface area contributed by atoms with Crippen molar-refractivity contribution in [2.24, 2.45) is 0 Å². The first kappa shape index (κ1) is 22.8. The molecule has 34 heavy (non-hydrogen) atoms. The Balaban J connectivity index is 1.42. The van der Waals surface area contributed by atoms with Gasteiger partial charge in [0.2, 0.25) is 5.88 Å². The zero-order valence-electron chi connectivity index (χ0n) is 18.4. The van der Waals surface area contributed by atoms with E-state index in [-0.39, 0.29) is 16.8 Å². The van der Waals surface area contributed by atoms with Crippen molar-refractivity contribution < 1.29 is 28.9 Å². The second-order valence-electron chi connectivity index (χ2n) is 7.30. The van der Waals surface area contributed by atoms with Gasteiger partial charge in [-0.25, -0.2) is 9.78 Å². The number of rotatable bonds is 9. The summed E-state index contributed by atoms with van der Waals surface area (Å²) in [6.45, 7) is 1.00. The van der Waals surface area contributed by atoms with Gasteiger partial charge in [-0.2, -0.15) is 0 Å². The number of aromatic nitrogens is 1. The summed E-state index contributed by atoms with van der Waals surface area (Å²) < 4.78 is 16.5. The maximum atomic E-state index is 12.5. The second-order valence-corrected chi connectivity index (χ2v) is 7.30. The van der Waals surface area contributed by atoms with Gasteiger partial charge in [0, 0.05) is 19.4 Å². The molecule has 4 rings (SSSR count). The number of carboxylic acids is 1. The Morgan fingerprint density at radius 3 is 2.35 bits per heavy atom. The van der Waals surface area contributed by atoms with Gasteiger partial charge in [0.25, 0.3) is 5.91 Å². The smallest absolute Gasteiger partial charge is 0.337 e. The number of carboxylic acid groups (broad SMARTS) is 1. The molecule has 0 fully saturated rings. The Kier molecular flexibility index (Phi) is 7.00. The summed E-state index contributed by atoms with van der Waals surface area (Å²) in [6.07, 6.45) is 1.37. The summed E-state index contributed by atoms with van der Waals surface area (Å²) in [5.41, 5.74) is 0.490. The fraction of sp³-hybridized carbons (Fsp3) is 0.115. The molecule has 0 saturated heterocycles. The minimum absolute atomic E-state index is 0.00808. The molecule has 8 heteroatoms. The first-order valence-corrected chi connectivity index (χ1v) is 10.5. The average Bonchev–Trinajstić information content (AvgIpc) is 2.85. The molecule has 0 saturated carbocycles. The van der Waals surface area contributed by atoms with Crippen molar-refractivity contribution in [2.75, 3.05) is 25.6 Å². The molecule has 1 amide bonds. The molecule has 172 valence electrons. The van der Waals surface area contributed by atoms with Crippen LogP contribution < -0.4 is 14.8 Å². The molecule has 0 bridgehead atoms. The zero-order valence-corrected chi connectivity index (χ0v) is 18.4. The predicted molar refractivity (Wildman–Crippen MR) is 127 cm³/mol. The van der Waals surface area contributed by atoms with Gasteiger partial charge in [-0.3, -0.25) is 4.79 Å². The second kappa shape index (κ2) is 10.5. The van der Waals surface area contributed by atoms with E-state index in [1.165, 1.54) is 18.3 Å². The van der Waals surface area contributed by atoms with Crippen molar-refractivity contribution in [3.05, 3.63) is 90.1 Å². The number of carbonyl (C=O) groups excluding carboxylic acids is 1. The number of para-hydroxylation sites is 1. The number of fused-ring (bicyclic) bond motifs is 1. The quantitative estimate of drug-likeness (QED) is 0.340. The third-order valence-electron chi connectivity index (χ3n) is 4.97. The lowest BCUT2D eigenvalue weighted by Crippen LogP contribution is -2.15. The number of ether oxygens (including phenoxy) is 3. The fourth-order valence-corrected chi connectivity index (χ4v) is 3.27. The highest BCUT2D eigenvalue weighted by atomic mass is 16.5. The van der Waals surface area contributed by atoms with Gasteiger partial charge in [-0.05, 0) is 53.2 Å². The molecule has 1 aromatic heterocycles. The summed E-state index contributed by atoms with van der Waals surface area (Å²) in [4.78, 5) is 28.0. The van der Waals surface area contributed by atoms with Crippen LogP contribution >= 0.6 is 0 Å². The largest absolute Gasteiger partial charge is 0.491 e. The Hall–Kier alpha value is -4.43. The number of hydrogen-bond donors (Lipinski definition) is 2. The van der Waals surface area contributed by atoms with E-state index in [1.54, 1.807) is 31.4 Å². The third-order valence-corrected chi connectivity index (χ3v) is 4.97. The van der Waals surface area contributed by atoms with Crippen LogP contribution in [0.25, 0.3) is 10.8 Å². The maximum Gasteiger partial charge on any atom is 0.337 e. The van der Waals surface area contributed by atoms with Gasteiger partial charge < -0.3 is 24.6 Å². The molecule has 4 aromatic rings. The van der Waals surface area contributed by atoms with E-state index in [2.05, 4.69) is 10.3 Å². The topological polar surface area (TPSA) is 107 Å². The van der Waals surface area contributed by atoms with E-state index < -0.39 is 11.9 Å². The highest BCUT2D eigenvalue weighted by Gasteiger charge is 2.13. The third kappa shape index (κ3) is 5.48. The van der Waals surface area contributed by atoms with E-state index in [1.807, 2.05) is 36.4 Å². The molecule has 0 radical (unpaired) electrons. The molecule has 8 nitrogen and oxygen atoms in total. The summed E-state index contributed by atoms with van der Waals surface area (Å²) in [5, 5.41) is 13.8. The lowest BCUT2D eigenvalue weighted by molar-refractivity contribution is 0.0698. The molecule has 3 aromatic carbocycles. The number of pyridine rings is 1. The van der Waals surface area contributed by atoms with Crippen LogP contribution in [-0.4, -0.2) is 42.3 Å². The van der Waals surface area contributed by atoms with Gasteiger partial charge in [-0.15, -0.1) is 0 Å². The molecular weight excluding hydrogens is 436 g/mol. The minimum Gasteiger partial charge on any atom is -0.491 e. The molecule has 0 aliphatic carbocycles. The lowest BCUT2D eigenvalue weighted by atomic mass is 10.1. The minimum atomic E-state index is -1.12. The fourth-order valence-electron chi connectivity index (χ4n) is 3.27. The van der Waals surface area contributed by atoms with E-state index >= 15 is 0 Å². The molecule has 0 atom stereocenters. The summed E-state index contributed by atoms with van der Waals surface area (Å²) in [6, 6.07) is 20.7. The van der Waals surface area contributed by atoms with Gasteiger partial charge in [0.05, 0.1) is 23.4 Å².